The molecule has 0 bridgehead atoms. The van der Waals surface area contributed by atoms with Crippen molar-refractivity contribution in [1.29, 1.82) is 0 Å². The summed E-state index contributed by atoms with van der Waals surface area (Å²) in [5.41, 5.74) is 5.58. The molecule has 1 N–H and O–H groups in total. The highest BCUT2D eigenvalue weighted by molar-refractivity contribution is 5.84. The molecule has 0 fully saturated rings. The average molecular weight is 285 g/mol. The third kappa shape index (κ3) is 3.01. The summed E-state index contributed by atoms with van der Waals surface area (Å²) in [6.45, 7) is 8.54. The van der Waals surface area contributed by atoms with E-state index in [9.17, 15) is 0 Å². The van der Waals surface area contributed by atoms with Crippen LogP contribution >= 0.6 is 0 Å². The molecule has 2 heteroatoms. The highest BCUT2D eigenvalue weighted by atomic mass is 16.3. The van der Waals surface area contributed by atoms with E-state index in [4.69, 9.17) is 4.42 Å². The van der Waals surface area contributed by atoms with E-state index < -0.39 is 0 Å². The van der Waals surface area contributed by atoms with E-state index in [0.29, 0.717) is 5.92 Å². The Balaban J connectivity index is 2.08. The molecule has 2 nitrogen and oxygen atoms in total. The Bertz CT molecular complexity index is 624. The molecule has 2 aromatic rings. The van der Waals surface area contributed by atoms with Crippen LogP contribution in [0, 0.1) is 5.92 Å². The molecule has 0 spiro atoms. The molecule has 1 aliphatic carbocycles. The number of furan rings is 1. The highest BCUT2D eigenvalue weighted by Crippen LogP contribution is 2.33. The number of aryl methyl sites for hydroxylation is 2. The zero-order valence-corrected chi connectivity index (χ0v) is 13.6. The molecule has 21 heavy (non-hydrogen) atoms. The zero-order chi connectivity index (χ0) is 14.8. The minimum Gasteiger partial charge on any atom is -0.459 e. The third-order valence-corrected chi connectivity index (χ3v) is 4.49. The van der Waals surface area contributed by atoms with Crippen molar-refractivity contribution in [2.75, 3.05) is 6.54 Å². The molecule has 1 heterocycles. The van der Waals surface area contributed by atoms with Gasteiger partial charge >= 0.3 is 0 Å². The molecule has 3 rings (SSSR count). The molecular weight excluding hydrogens is 258 g/mol. The predicted molar refractivity (Wildman–Crippen MR) is 88.8 cm³/mol. The van der Waals surface area contributed by atoms with Gasteiger partial charge in [0.05, 0.1) is 6.54 Å². The smallest absolute Gasteiger partial charge is 0.134 e. The molecule has 0 unspecified atom stereocenters. The Labute approximate surface area is 127 Å². The Morgan fingerprint density at radius 3 is 2.52 bits per heavy atom. The Kier molecular flexibility index (Phi) is 4.34. The van der Waals surface area contributed by atoms with Gasteiger partial charge in [0.2, 0.25) is 0 Å². The molecule has 0 saturated carbocycles. The predicted octanol–water partition coefficient (Wildman–Crippen LogP) is 4.62. The van der Waals surface area contributed by atoms with Gasteiger partial charge in [-0.25, -0.2) is 0 Å². The van der Waals surface area contributed by atoms with E-state index in [1.54, 1.807) is 5.56 Å². The first-order chi connectivity index (χ1) is 10.2. The van der Waals surface area contributed by atoms with Crippen LogP contribution in [0.5, 0.6) is 0 Å². The summed E-state index contributed by atoms with van der Waals surface area (Å²) in [5, 5.41) is 4.77. The van der Waals surface area contributed by atoms with E-state index in [0.717, 1.165) is 30.9 Å². The lowest BCUT2D eigenvalue weighted by atomic mass is 9.89. The Morgan fingerprint density at radius 2 is 1.86 bits per heavy atom. The van der Waals surface area contributed by atoms with Gasteiger partial charge in [0.25, 0.3) is 0 Å². The molecule has 0 saturated heterocycles. The minimum absolute atomic E-state index is 0.655. The van der Waals surface area contributed by atoms with Gasteiger partial charge < -0.3 is 9.73 Å². The molecule has 1 aromatic carbocycles. The molecule has 1 aromatic heterocycles. The van der Waals surface area contributed by atoms with E-state index >= 15 is 0 Å². The van der Waals surface area contributed by atoms with Gasteiger partial charge in [-0.15, -0.1) is 0 Å². The molecule has 0 amide bonds. The summed E-state index contributed by atoms with van der Waals surface area (Å²) < 4.78 is 6.21. The molecule has 1 aliphatic rings. The number of rotatable bonds is 5. The first-order valence-corrected chi connectivity index (χ1v) is 8.45. The van der Waals surface area contributed by atoms with Crippen LogP contribution in [0.3, 0.4) is 0 Å². The summed E-state index contributed by atoms with van der Waals surface area (Å²) in [4.78, 5) is 0. The second-order valence-corrected chi connectivity index (χ2v) is 6.71. The van der Waals surface area contributed by atoms with Crippen LogP contribution in [0.1, 0.15) is 56.1 Å². The van der Waals surface area contributed by atoms with Crippen LogP contribution in [0.15, 0.2) is 16.5 Å². The fourth-order valence-electron chi connectivity index (χ4n) is 3.44. The van der Waals surface area contributed by atoms with Gasteiger partial charge in [-0.2, -0.15) is 0 Å². The lowest BCUT2D eigenvalue weighted by molar-refractivity contribution is 0.506. The second-order valence-electron chi connectivity index (χ2n) is 6.71. The molecule has 0 aliphatic heterocycles. The fourth-order valence-corrected chi connectivity index (χ4v) is 3.44. The van der Waals surface area contributed by atoms with Crippen molar-refractivity contribution >= 4 is 11.0 Å². The van der Waals surface area contributed by atoms with Crippen LogP contribution in [-0.2, 0) is 25.8 Å². The molecule has 0 radical (unpaired) electrons. The topological polar surface area (TPSA) is 25.2 Å². The first kappa shape index (κ1) is 14.6. The normalized spacial score (nSPS) is 14.9. The molecular formula is C19H27NO. The second kappa shape index (κ2) is 6.23. The lowest BCUT2D eigenvalue weighted by Gasteiger charge is -2.15. The van der Waals surface area contributed by atoms with Crippen LogP contribution < -0.4 is 5.32 Å². The number of nitrogens with one attached hydrogen (secondary N) is 1. The summed E-state index contributed by atoms with van der Waals surface area (Å²) >= 11 is 0. The van der Waals surface area contributed by atoms with Crippen LogP contribution in [-0.4, -0.2) is 6.54 Å². The standard InChI is InChI=1S/C19H27NO/c1-4-20-12-19-16(9-13(2)3)17-10-14-7-5-6-8-15(14)11-18(17)21-19/h10-11,13,20H,4-9,12H2,1-3H3. The van der Waals surface area contributed by atoms with Crippen molar-refractivity contribution < 1.29 is 4.42 Å². The highest BCUT2D eigenvalue weighted by Gasteiger charge is 2.18. The van der Waals surface area contributed by atoms with Crippen molar-refractivity contribution in [2.45, 2.75) is 59.4 Å². The third-order valence-electron chi connectivity index (χ3n) is 4.49. The van der Waals surface area contributed by atoms with Gasteiger partial charge in [-0.05, 0) is 67.8 Å². The monoisotopic (exact) mass is 285 g/mol. The molecule has 0 atom stereocenters. The maximum absolute atomic E-state index is 6.21. The van der Waals surface area contributed by atoms with E-state index in [1.165, 1.54) is 42.2 Å². The van der Waals surface area contributed by atoms with Crippen LogP contribution in [0.25, 0.3) is 11.0 Å². The average Bonchev–Trinajstić information content (AvgIpc) is 2.79. The first-order valence-electron chi connectivity index (χ1n) is 8.45. The largest absolute Gasteiger partial charge is 0.459 e. The van der Waals surface area contributed by atoms with Crippen molar-refractivity contribution in [1.82, 2.24) is 5.32 Å². The van der Waals surface area contributed by atoms with E-state index in [1.807, 2.05) is 0 Å². The van der Waals surface area contributed by atoms with Crippen molar-refractivity contribution in [3.63, 3.8) is 0 Å². The quantitative estimate of drug-likeness (QED) is 0.867. The number of benzene rings is 1. The number of hydrogen-bond donors (Lipinski definition) is 1. The van der Waals surface area contributed by atoms with Gasteiger partial charge in [-0.1, -0.05) is 20.8 Å². The lowest BCUT2D eigenvalue weighted by Crippen LogP contribution is -2.12. The van der Waals surface area contributed by atoms with Crippen LogP contribution in [0.4, 0.5) is 0 Å². The summed E-state index contributed by atoms with van der Waals surface area (Å²) in [6.07, 6.45) is 6.21. The summed E-state index contributed by atoms with van der Waals surface area (Å²) in [6, 6.07) is 4.73. The fraction of sp³-hybridized carbons (Fsp3) is 0.579. The minimum atomic E-state index is 0.655. The SMILES string of the molecule is CCNCc1oc2cc3c(cc2c1CC(C)C)CCCC3. The van der Waals surface area contributed by atoms with E-state index in [-0.39, 0.29) is 0 Å². The van der Waals surface area contributed by atoms with Gasteiger partial charge in [-0.3, -0.25) is 0 Å². The van der Waals surface area contributed by atoms with Gasteiger partial charge in [0, 0.05) is 10.9 Å². The Hall–Kier alpha value is -1.28. The van der Waals surface area contributed by atoms with Gasteiger partial charge in [0.15, 0.2) is 0 Å². The summed E-state index contributed by atoms with van der Waals surface area (Å²) in [7, 11) is 0. The maximum Gasteiger partial charge on any atom is 0.134 e. The molecule has 114 valence electrons. The number of fused-ring (bicyclic) bond motifs is 2. The van der Waals surface area contributed by atoms with Crippen molar-refractivity contribution in [3.05, 3.63) is 34.6 Å². The number of hydrogen-bond acceptors (Lipinski definition) is 2. The van der Waals surface area contributed by atoms with Crippen molar-refractivity contribution in [2.24, 2.45) is 5.92 Å². The van der Waals surface area contributed by atoms with E-state index in [2.05, 4.69) is 38.2 Å². The maximum atomic E-state index is 6.21. The van der Waals surface area contributed by atoms with Gasteiger partial charge in [0.1, 0.15) is 11.3 Å². The van der Waals surface area contributed by atoms with Crippen molar-refractivity contribution in [3.8, 4) is 0 Å². The zero-order valence-electron chi connectivity index (χ0n) is 13.6. The van der Waals surface area contributed by atoms with Crippen LogP contribution in [0.2, 0.25) is 0 Å². The Morgan fingerprint density at radius 1 is 1.14 bits per heavy atom. The summed E-state index contributed by atoms with van der Waals surface area (Å²) in [5.74, 6) is 1.80.